The van der Waals surface area contributed by atoms with Gasteiger partial charge in [0.05, 0.1) is 30.2 Å². The molecule has 2 aromatic heterocycles. The van der Waals surface area contributed by atoms with Crippen molar-refractivity contribution in [3.63, 3.8) is 0 Å². The predicted molar refractivity (Wildman–Crippen MR) is 216 cm³/mol. The standard InChI is InChI=1S/C42H46BrN7O4S/c1-28-18-19-42(37-32(28)16-17-36(38(37)43)49(24-29-12-7-5-8-13-29)25-30-14-9-6-10-15-30)23-35-33(27-54-42)39(45-41(44-35)55(4,52)53)48-20-11-21-50-31(26-48)22-34(46-50)40(51)47(2)3/h5-10,12-17,22,28H,11,18-21,23-27H2,1-4H3. The van der Waals surface area contributed by atoms with Crippen molar-refractivity contribution < 1.29 is 17.9 Å². The highest BCUT2D eigenvalue weighted by molar-refractivity contribution is 9.10. The Hall–Kier alpha value is -4.59. The van der Waals surface area contributed by atoms with E-state index < -0.39 is 15.4 Å². The molecule has 1 spiro atoms. The molecule has 4 heterocycles. The molecule has 55 heavy (non-hydrogen) atoms. The number of anilines is 2. The Morgan fingerprint density at radius 2 is 1.67 bits per heavy atom. The van der Waals surface area contributed by atoms with Crippen LogP contribution in [0.3, 0.4) is 0 Å². The molecule has 0 bridgehead atoms. The molecule has 0 saturated carbocycles. The van der Waals surface area contributed by atoms with Gasteiger partial charge < -0.3 is 19.4 Å². The predicted octanol–water partition coefficient (Wildman–Crippen LogP) is 7.02. The van der Waals surface area contributed by atoms with Gasteiger partial charge >= 0.3 is 0 Å². The maximum Gasteiger partial charge on any atom is 0.273 e. The lowest BCUT2D eigenvalue weighted by Gasteiger charge is -2.45. The highest BCUT2D eigenvalue weighted by atomic mass is 79.9. The van der Waals surface area contributed by atoms with Crippen molar-refractivity contribution in [1.82, 2.24) is 24.6 Å². The highest BCUT2D eigenvalue weighted by Crippen LogP contribution is 2.53. The third-order valence-electron chi connectivity index (χ3n) is 11.2. The van der Waals surface area contributed by atoms with Crippen LogP contribution in [0.4, 0.5) is 11.5 Å². The monoisotopic (exact) mass is 823 g/mol. The van der Waals surface area contributed by atoms with Gasteiger partial charge in [0.2, 0.25) is 15.0 Å². The smallest absolute Gasteiger partial charge is 0.273 e. The first-order chi connectivity index (χ1) is 26.4. The lowest BCUT2D eigenvalue weighted by Crippen LogP contribution is -2.42. The summed E-state index contributed by atoms with van der Waals surface area (Å²) in [5, 5.41) is 4.41. The van der Waals surface area contributed by atoms with Crippen molar-refractivity contribution in [3.05, 3.63) is 128 Å². The number of ether oxygens (including phenoxy) is 1. The first-order valence-electron chi connectivity index (χ1n) is 18.8. The summed E-state index contributed by atoms with van der Waals surface area (Å²) < 4.78 is 36.4. The summed E-state index contributed by atoms with van der Waals surface area (Å²) in [5.41, 5.74) is 7.86. The van der Waals surface area contributed by atoms with Crippen molar-refractivity contribution in [3.8, 4) is 0 Å². The Morgan fingerprint density at radius 1 is 0.982 bits per heavy atom. The fraction of sp³-hybridized carbons (Fsp3) is 0.381. The minimum absolute atomic E-state index is 0.163. The number of carbonyl (C=O) groups is 1. The first kappa shape index (κ1) is 37.3. The summed E-state index contributed by atoms with van der Waals surface area (Å²) in [6.45, 7) is 5.61. The van der Waals surface area contributed by atoms with Crippen LogP contribution in [0.25, 0.3) is 0 Å². The number of fused-ring (bicyclic) bond motifs is 4. The van der Waals surface area contributed by atoms with Gasteiger partial charge in [-0.1, -0.05) is 73.7 Å². The molecule has 3 aromatic carbocycles. The van der Waals surface area contributed by atoms with E-state index in [1.807, 2.05) is 22.9 Å². The van der Waals surface area contributed by atoms with Crippen molar-refractivity contribution in [2.75, 3.05) is 36.7 Å². The molecule has 3 aliphatic rings. The van der Waals surface area contributed by atoms with Crippen LogP contribution in [0.15, 0.2) is 88.5 Å². The molecule has 8 rings (SSSR count). The molecular formula is C42H46BrN7O4S. The molecular weight excluding hydrogens is 778 g/mol. The van der Waals surface area contributed by atoms with Gasteiger partial charge in [0.25, 0.3) is 5.91 Å². The number of hydrogen-bond acceptors (Lipinski definition) is 9. The zero-order chi connectivity index (χ0) is 38.5. The van der Waals surface area contributed by atoms with Crippen molar-refractivity contribution in [2.45, 2.75) is 82.1 Å². The summed E-state index contributed by atoms with van der Waals surface area (Å²) in [6.07, 6.45) is 4.00. The summed E-state index contributed by atoms with van der Waals surface area (Å²) in [7, 11) is -0.334. The average Bonchev–Trinajstić information content (AvgIpc) is 3.46. The molecule has 2 atom stereocenters. The van der Waals surface area contributed by atoms with Gasteiger partial charge in [0, 0.05) is 68.6 Å². The molecule has 1 amide bonds. The van der Waals surface area contributed by atoms with Crippen molar-refractivity contribution >= 4 is 43.2 Å². The number of aromatic nitrogens is 4. The number of hydrogen-bond donors (Lipinski definition) is 0. The number of benzene rings is 3. The van der Waals surface area contributed by atoms with Gasteiger partial charge in [0.15, 0.2) is 5.69 Å². The van der Waals surface area contributed by atoms with Gasteiger partial charge in [-0.05, 0) is 69.9 Å². The Morgan fingerprint density at radius 3 is 2.33 bits per heavy atom. The lowest BCUT2D eigenvalue weighted by molar-refractivity contribution is -0.0877. The van der Waals surface area contributed by atoms with E-state index in [-0.39, 0.29) is 17.7 Å². The second-order valence-corrected chi connectivity index (χ2v) is 18.0. The summed E-state index contributed by atoms with van der Waals surface area (Å²) >= 11 is 4.15. The minimum Gasteiger partial charge on any atom is -0.365 e. The number of sulfone groups is 1. The van der Waals surface area contributed by atoms with Gasteiger partial charge in [-0.3, -0.25) is 9.48 Å². The highest BCUT2D eigenvalue weighted by Gasteiger charge is 2.46. The Balaban J connectivity index is 1.20. The number of aryl methyl sites for hydroxylation is 1. The number of carbonyl (C=O) groups excluding carboxylic acids is 1. The van der Waals surface area contributed by atoms with E-state index >= 15 is 0 Å². The molecule has 1 aliphatic carbocycles. The molecule has 0 N–H and O–H groups in total. The van der Waals surface area contributed by atoms with Crippen LogP contribution in [-0.4, -0.2) is 65.9 Å². The average molecular weight is 825 g/mol. The number of nitrogens with zero attached hydrogens (tertiary/aromatic N) is 7. The zero-order valence-corrected chi connectivity index (χ0v) is 34.1. The first-order valence-corrected chi connectivity index (χ1v) is 21.5. The van der Waals surface area contributed by atoms with Crippen LogP contribution in [0.5, 0.6) is 0 Å². The minimum atomic E-state index is -3.75. The quantitative estimate of drug-likeness (QED) is 0.152. The van der Waals surface area contributed by atoms with E-state index in [4.69, 9.17) is 14.7 Å². The zero-order valence-electron chi connectivity index (χ0n) is 31.7. The van der Waals surface area contributed by atoms with Gasteiger partial charge in [0.1, 0.15) is 11.4 Å². The van der Waals surface area contributed by atoms with Gasteiger partial charge in [-0.2, -0.15) is 5.10 Å². The third kappa shape index (κ3) is 7.29. The Kier molecular flexibility index (Phi) is 10.1. The molecule has 0 radical (unpaired) electrons. The van der Waals surface area contributed by atoms with E-state index in [0.717, 1.165) is 46.2 Å². The van der Waals surface area contributed by atoms with Crippen molar-refractivity contribution in [1.29, 1.82) is 0 Å². The molecule has 2 unspecified atom stereocenters. The SMILES string of the molecule is CC1CCC2(Cc3nc(S(C)(=O)=O)nc(N4CCCn5nc(C(=O)N(C)C)cc5C4)c3CO2)c2c1ccc(N(Cc1ccccc1)Cc1ccccc1)c2Br. The van der Waals surface area contributed by atoms with Gasteiger partial charge in [-0.15, -0.1) is 0 Å². The van der Waals surface area contributed by atoms with Crippen LogP contribution < -0.4 is 9.80 Å². The van der Waals surface area contributed by atoms with Crippen molar-refractivity contribution in [2.24, 2.45) is 0 Å². The van der Waals surface area contributed by atoms with E-state index in [0.29, 0.717) is 62.3 Å². The number of amides is 1. The van der Waals surface area contributed by atoms with E-state index in [1.54, 1.807) is 14.1 Å². The molecule has 0 fully saturated rings. The number of rotatable bonds is 8. The Bertz CT molecular complexity index is 2310. The van der Waals surface area contributed by atoms with Crippen LogP contribution in [0, 0.1) is 0 Å². The maximum absolute atomic E-state index is 13.2. The molecule has 5 aromatic rings. The summed E-state index contributed by atoms with van der Waals surface area (Å²) in [5.74, 6) is 0.709. The van der Waals surface area contributed by atoms with Gasteiger partial charge in [-0.25, -0.2) is 18.4 Å². The van der Waals surface area contributed by atoms with Crippen LogP contribution >= 0.6 is 15.9 Å². The summed E-state index contributed by atoms with van der Waals surface area (Å²) in [6, 6.07) is 27.3. The Labute approximate surface area is 331 Å². The number of halogens is 1. The van der Waals surface area contributed by atoms with Crippen LogP contribution in [0.1, 0.15) is 81.8 Å². The fourth-order valence-corrected chi connectivity index (χ4v) is 9.81. The molecule has 2 aliphatic heterocycles. The maximum atomic E-state index is 13.2. The van der Waals surface area contributed by atoms with E-state index in [9.17, 15) is 13.2 Å². The molecule has 0 saturated heterocycles. The second kappa shape index (κ2) is 14.8. The van der Waals surface area contributed by atoms with Crippen LogP contribution in [-0.2, 0) is 59.4 Å². The second-order valence-electron chi connectivity index (χ2n) is 15.3. The van der Waals surface area contributed by atoms with E-state index in [2.05, 4.69) is 98.4 Å². The molecule has 286 valence electrons. The van der Waals surface area contributed by atoms with E-state index in [1.165, 1.54) is 27.8 Å². The largest absolute Gasteiger partial charge is 0.365 e. The third-order valence-corrected chi connectivity index (χ3v) is 12.8. The normalized spacial score (nSPS) is 19.3. The summed E-state index contributed by atoms with van der Waals surface area (Å²) in [4.78, 5) is 28.3. The molecule has 11 nitrogen and oxygen atoms in total. The topological polar surface area (TPSA) is 114 Å². The molecule has 13 heteroatoms. The fourth-order valence-electron chi connectivity index (χ4n) is 8.31. The van der Waals surface area contributed by atoms with Crippen LogP contribution in [0.2, 0.25) is 0 Å². The lowest BCUT2D eigenvalue weighted by atomic mass is 9.71.